The van der Waals surface area contributed by atoms with Crippen LogP contribution in [0.1, 0.15) is 33.7 Å². The normalized spacial score (nSPS) is 16.8. The van der Waals surface area contributed by atoms with Gasteiger partial charge in [0.15, 0.2) is 0 Å². The zero-order chi connectivity index (χ0) is 16.1. The number of hydrogen-bond donors (Lipinski definition) is 2. The van der Waals surface area contributed by atoms with Crippen LogP contribution in [0.4, 0.5) is 0 Å². The molecule has 1 aliphatic rings. The van der Waals surface area contributed by atoms with Crippen molar-refractivity contribution in [2.45, 2.75) is 45.5 Å². The molecule has 1 aliphatic heterocycles. The van der Waals surface area contributed by atoms with Gasteiger partial charge < -0.3 is 10.4 Å². The van der Waals surface area contributed by atoms with E-state index >= 15 is 0 Å². The zero-order valence-electron chi connectivity index (χ0n) is 13.8. The van der Waals surface area contributed by atoms with Gasteiger partial charge in [-0.05, 0) is 43.0 Å². The van der Waals surface area contributed by atoms with Crippen molar-refractivity contribution in [3.05, 3.63) is 57.3 Å². The Bertz CT molecular complexity index is 600. The second-order valence-corrected chi connectivity index (χ2v) is 7.81. The van der Waals surface area contributed by atoms with Gasteiger partial charge in [-0.1, -0.05) is 24.3 Å². The van der Waals surface area contributed by atoms with Crippen LogP contribution in [0, 0.1) is 6.92 Å². The van der Waals surface area contributed by atoms with Gasteiger partial charge >= 0.3 is 0 Å². The molecule has 0 radical (unpaired) electrons. The molecule has 23 heavy (non-hydrogen) atoms. The average Bonchev–Trinajstić information content (AvgIpc) is 2.97. The molecule has 1 aromatic carbocycles. The Balaban J connectivity index is 1.43. The maximum Gasteiger partial charge on any atom is 0.0564 e. The predicted molar refractivity (Wildman–Crippen MR) is 96.6 cm³/mol. The SMILES string of the molecule is Cc1ccc(CNCc2ccc(CN3CCC(O)CC3)cc2)s1. The third kappa shape index (κ3) is 5.15. The fraction of sp³-hybridized carbons (Fsp3) is 0.474. The summed E-state index contributed by atoms with van der Waals surface area (Å²) in [6.07, 6.45) is 1.72. The van der Waals surface area contributed by atoms with E-state index in [0.717, 1.165) is 45.6 Å². The number of nitrogens with zero attached hydrogens (tertiary/aromatic N) is 1. The van der Waals surface area contributed by atoms with Crippen molar-refractivity contribution >= 4 is 11.3 Å². The van der Waals surface area contributed by atoms with E-state index in [9.17, 15) is 5.11 Å². The van der Waals surface area contributed by atoms with E-state index in [-0.39, 0.29) is 6.10 Å². The van der Waals surface area contributed by atoms with Gasteiger partial charge in [0, 0.05) is 42.5 Å². The van der Waals surface area contributed by atoms with E-state index in [4.69, 9.17) is 0 Å². The number of thiophene rings is 1. The van der Waals surface area contributed by atoms with Crippen molar-refractivity contribution in [1.29, 1.82) is 0 Å². The van der Waals surface area contributed by atoms with Crippen LogP contribution in [-0.2, 0) is 19.6 Å². The molecule has 1 aromatic heterocycles. The first-order valence-electron chi connectivity index (χ1n) is 8.43. The van der Waals surface area contributed by atoms with Gasteiger partial charge in [-0.15, -0.1) is 11.3 Å². The van der Waals surface area contributed by atoms with Gasteiger partial charge in [0.05, 0.1) is 6.10 Å². The van der Waals surface area contributed by atoms with Crippen LogP contribution in [0.5, 0.6) is 0 Å². The molecule has 0 saturated carbocycles. The maximum atomic E-state index is 9.56. The summed E-state index contributed by atoms with van der Waals surface area (Å²) in [7, 11) is 0. The van der Waals surface area contributed by atoms with Gasteiger partial charge in [-0.25, -0.2) is 0 Å². The van der Waals surface area contributed by atoms with E-state index < -0.39 is 0 Å². The molecule has 1 fully saturated rings. The third-order valence-electron chi connectivity index (χ3n) is 4.41. The highest BCUT2D eigenvalue weighted by Crippen LogP contribution is 2.16. The number of hydrogen-bond acceptors (Lipinski definition) is 4. The van der Waals surface area contributed by atoms with Crippen molar-refractivity contribution in [3.63, 3.8) is 0 Å². The third-order valence-corrected chi connectivity index (χ3v) is 5.41. The number of benzene rings is 1. The van der Waals surface area contributed by atoms with Crippen molar-refractivity contribution in [3.8, 4) is 0 Å². The highest BCUT2D eigenvalue weighted by molar-refractivity contribution is 7.11. The van der Waals surface area contributed by atoms with Crippen molar-refractivity contribution < 1.29 is 5.11 Å². The highest BCUT2D eigenvalue weighted by atomic mass is 32.1. The Hall–Kier alpha value is -1.20. The first-order valence-corrected chi connectivity index (χ1v) is 9.25. The minimum absolute atomic E-state index is 0.0909. The fourth-order valence-corrected chi connectivity index (χ4v) is 3.87. The Morgan fingerprint density at radius 1 is 1.04 bits per heavy atom. The molecular weight excluding hydrogens is 304 g/mol. The van der Waals surface area contributed by atoms with Crippen LogP contribution < -0.4 is 5.32 Å². The van der Waals surface area contributed by atoms with Crippen LogP contribution in [0.2, 0.25) is 0 Å². The van der Waals surface area contributed by atoms with E-state index in [2.05, 4.69) is 53.5 Å². The summed E-state index contributed by atoms with van der Waals surface area (Å²) in [5.41, 5.74) is 2.69. The molecule has 2 heterocycles. The molecular formula is C19H26N2OS. The van der Waals surface area contributed by atoms with Crippen LogP contribution in [0.3, 0.4) is 0 Å². The van der Waals surface area contributed by atoms with Crippen LogP contribution >= 0.6 is 11.3 Å². The van der Waals surface area contributed by atoms with Crippen molar-refractivity contribution in [2.24, 2.45) is 0 Å². The lowest BCUT2D eigenvalue weighted by Crippen LogP contribution is -2.35. The molecule has 2 aromatic rings. The molecule has 0 aliphatic carbocycles. The number of nitrogens with one attached hydrogen (secondary N) is 1. The second-order valence-electron chi connectivity index (χ2n) is 6.44. The lowest BCUT2D eigenvalue weighted by molar-refractivity contribution is 0.0792. The summed E-state index contributed by atoms with van der Waals surface area (Å²) < 4.78 is 0. The van der Waals surface area contributed by atoms with Gasteiger partial charge in [0.25, 0.3) is 0 Å². The molecule has 0 unspecified atom stereocenters. The highest BCUT2D eigenvalue weighted by Gasteiger charge is 2.16. The maximum absolute atomic E-state index is 9.56. The van der Waals surface area contributed by atoms with Gasteiger partial charge in [0.2, 0.25) is 0 Å². The number of aliphatic hydroxyl groups is 1. The zero-order valence-corrected chi connectivity index (χ0v) is 14.6. The Morgan fingerprint density at radius 2 is 1.74 bits per heavy atom. The molecule has 0 spiro atoms. The Kier molecular flexibility index (Phi) is 5.84. The van der Waals surface area contributed by atoms with Gasteiger partial charge in [0.1, 0.15) is 0 Å². The number of aliphatic hydroxyl groups excluding tert-OH is 1. The van der Waals surface area contributed by atoms with E-state index in [1.165, 1.54) is 20.9 Å². The summed E-state index contributed by atoms with van der Waals surface area (Å²) in [5, 5.41) is 13.1. The molecule has 1 saturated heterocycles. The largest absolute Gasteiger partial charge is 0.393 e. The first kappa shape index (κ1) is 16.7. The fourth-order valence-electron chi connectivity index (χ4n) is 3.01. The van der Waals surface area contributed by atoms with Crippen LogP contribution in [-0.4, -0.2) is 29.2 Å². The van der Waals surface area contributed by atoms with E-state index in [0.29, 0.717) is 0 Å². The van der Waals surface area contributed by atoms with Gasteiger partial charge in [-0.3, -0.25) is 4.90 Å². The van der Waals surface area contributed by atoms with Crippen molar-refractivity contribution in [1.82, 2.24) is 10.2 Å². The van der Waals surface area contributed by atoms with E-state index in [1.54, 1.807) is 0 Å². The van der Waals surface area contributed by atoms with Crippen molar-refractivity contribution in [2.75, 3.05) is 13.1 Å². The Labute approximate surface area is 143 Å². The van der Waals surface area contributed by atoms with Crippen LogP contribution in [0.25, 0.3) is 0 Å². The monoisotopic (exact) mass is 330 g/mol. The summed E-state index contributed by atoms with van der Waals surface area (Å²) in [6.45, 7) is 7.00. The smallest absolute Gasteiger partial charge is 0.0564 e. The number of aryl methyl sites for hydroxylation is 1. The molecule has 2 N–H and O–H groups in total. The summed E-state index contributed by atoms with van der Waals surface area (Å²) in [6, 6.07) is 13.3. The lowest BCUT2D eigenvalue weighted by atomic mass is 10.1. The van der Waals surface area contributed by atoms with E-state index in [1.807, 2.05) is 11.3 Å². The number of likely N-dealkylation sites (tertiary alicyclic amines) is 1. The molecule has 0 atom stereocenters. The number of rotatable bonds is 6. The molecule has 0 amide bonds. The summed E-state index contributed by atoms with van der Waals surface area (Å²) >= 11 is 1.86. The lowest BCUT2D eigenvalue weighted by Gasteiger charge is -2.29. The molecule has 124 valence electrons. The standard InChI is InChI=1S/C19H26N2OS/c1-15-2-7-19(23-15)13-20-12-16-3-5-17(6-4-16)14-21-10-8-18(22)9-11-21/h2-7,18,20,22H,8-14H2,1H3. The van der Waals surface area contributed by atoms with Gasteiger partial charge in [-0.2, -0.15) is 0 Å². The minimum Gasteiger partial charge on any atom is -0.393 e. The molecule has 3 nitrogen and oxygen atoms in total. The molecule has 4 heteroatoms. The second kappa shape index (κ2) is 8.06. The predicted octanol–water partition coefficient (Wildman–Crippen LogP) is 3.30. The number of piperidine rings is 1. The summed E-state index contributed by atoms with van der Waals surface area (Å²) in [5.74, 6) is 0. The topological polar surface area (TPSA) is 35.5 Å². The molecule has 0 bridgehead atoms. The van der Waals surface area contributed by atoms with Crippen LogP contribution in [0.15, 0.2) is 36.4 Å². The first-order chi connectivity index (χ1) is 11.2. The minimum atomic E-state index is -0.0909. The Morgan fingerprint density at radius 3 is 2.39 bits per heavy atom. The average molecular weight is 330 g/mol. The molecule has 3 rings (SSSR count). The quantitative estimate of drug-likeness (QED) is 0.853. The summed E-state index contributed by atoms with van der Waals surface area (Å²) in [4.78, 5) is 5.20.